The lowest BCUT2D eigenvalue weighted by molar-refractivity contribution is 0.00443. The molecule has 0 unspecified atom stereocenters. The fourth-order valence-corrected chi connectivity index (χ4v) is 1.98. The van der Waals surface area contributed by atoms with Crippen LogP contribution in [0.25, 0.3) is 0 Å². The van der Waals surface area contributed by atoms with Crippen LogP contribution in [-0.2, 0) is 18.9 Å². The van der Waals surface area contributed by atoms with E-state index in [1.54, 1.807) is 7.05 Å². The molecule has 0 saturated heterocycles. The molecule has 0 heterocycles. The van der Waals surface area contributed by atoms with Gasteiger partial charge in [-0.3, -0.25) is 0 Å². The number of likely N-dealkylation sites (N-methyl/N-ethyl adjacent to an activating group) is 1. The maximum Gasteiger partial charge on any atom is 0.410 e. The third-order valence-corrected chi connectivity index (χ3v) is 3.41. The van der Waals surface area contributed by atoms with Crippen LogP contribution < -0.4 is 0 Å². The summed E-state index contributed by atoms with van der Waals surface area (Å²) in [7, 11) is 1.70. The molecular formula is C19H39NO5. The highest BCUT2D eigenvalue weighted by Gasteiger charge is 2.19. The van der Waals surface area contributed by atoms with E-state index in [1.165, 1.54) is 30.6 Å². The molecule has 0 aliphatic carbocycles. The summed E-state index contributed by atoms with van der Waals surface area (Å²) < 4.78 is 21.7. The van der Waals surface area contributed by atoms with Crippen molar-refractivity contribution in [3.8, 4) is 0 Å². The van der Waals surface area contributed by atoms with E-state index >= 15 is 0 Å². The highest BCUT2D eigenvalue weighted by atomic mass is 16.6. The van der Waals surface area contributed by atoms with Crippen LogP contribution in [0.4, 0.5) is 4.79 Å². The molecule has 0 aromatic rings. The third-order valence-electron chi connectivity index (χ3n) is 3.41. The summed E-state index contributed by atoms with van der Waals surface area (Å²) in [5.41, 5.74) is -0.475. The van der Waals surface area contributed by atoms with Crippen LogP contribution in [0.3, 0.4) is 0 Å². The van der Waals surface area contributed by atoms with Gasteiger partial charge in [0, 0.05) is 20.2 Å². The summed E-state index contributed by atoms with van der Waals surface area (Å²) in [6, 6.07) is 0. The van der Waals surface area contributed by atoms with Crippen molar-refractivity contribution < 1.29 is 23.7 Å². The lowest BCUT2D eigenvalue weighted by atomic mass is 10.2. The Balaban J connectivity index is 3.29. The van der Waals surface area contributed by atoms with Gasteiger partial charge in [0.05, 0.1) is 33.0 Å². The summed E-state index contributed by atoms with van der Waals surface area (Å²) >= 11 is 0. The molecule has 0 aromatic heterocycles. The number of carbonyl (C=O) groups is 1. The molecule has 0 aromatic carbocycles. The maximum atomic E-state index is 11.7. The normalized spacial score (nSPS) is 11.6. The van der Waals surface area contributed by atoms with Crippen molar-refractivity contribution in [2.45, 2.75) is 65.4 Å². The monoisotopic (exact) mass is 361 g/mol. The summed E-state index contributed by atoms with van der Waals surface area (Å²) in [4.78, 5) is 13.2. The largest absolute Gasteiger partial charge is 0.444 e. The van der Waals surface area contributed by atoms with Gasteiger partial charge in [-0.25, -0.2) is 4.79 Å². The van der Waals surface area contributed by atoms with Crippen molar-refractivity contribution in [1.82, 2.24) is 4.90 Å². The summed E-state index contributed by atoms with van der Waals surface area (Å²) in [5, 5.41) is 0. The molecule has 0 atom stereocenters. The average molecular weight is 362 g/mol. The van der Waals surface area contributed by atoms with E-state index in [1.807, 2.05) is 20.8 Å². The second kappa shape index (κ2) is 15.4. The van der Waals surface area contributed by atoms with Crippen LogP contribution in [0.1, 0.15) is 59.8 Å². The number of nitrogens with zero attached hydrogens (tertiary/aromatic N) is 1. The predicted molar refractivity (Wildman–Crippen MR) is 100 cm³/mol. The van der Waals surface area contributed by atoms with Gasteiger partial charge in [-0.05, 0) is 27.2 Å². The highest BCUT2D eigenvalue weighted by Crippen LogP contribution is 2.08. The number of carbonyl (C=O) groups excluding carboxylic acids is 1. The second-order valence-electron chi connectivity index (χ2n) is 7.15. The molecule has 0 spiro atoms. The van der Waals surface area contributed by atoms with Gasteiger partial charge < -0.3 is 23.8 Å². The minimum Gasteiger partial charge on any atom is -0.444 e. The first-order chi connectivity index (χ1) is 11.9. The zero-order valence-corrected chi connectivity index (χ0v) is 17.0. The molecule has 6 heteroatoms. The van der Waals surface area contributed by atoms with E-state index in [2.05, 4.69) is 6.92 Å². The van der Waals surface area contributed by atoms with E-state index < -0.39 is 5.60 Å². The first kappa shape index (κ1) is 24.1. The van der Waals surface area contributed by atoms with Gasteiger partial charge in [-0.2, -0.15) is 0 Å². The Hall–Kier alpha value is -0.850. The predicted octanol–water partition coefficient (Wildman–Crippen LogP) is 3.87. The lowest BCUT2D eigenvalue weighted by Crippen LogP contribution is -2.36. The molecule has 6 nitrogen and oxygen atoms in total. The first-order valence-corrected chi connectivity index (χ1v) is 9.54. The van der Waals surface area contributed by atoms with Gasteiger partial charge in [0.15, 0.2) is 0 Å². The Morgan fingerprint density at radius 1 is 0.800 bits per heavy atom. The first-order valence-electron chi connectivity index (χ1n) is 9.54. The van der Waals surface area contributed by atoms with Crippen molar-refractivity contribution in [3.63, 3.8) is 0 Å². The Bertz CT molecular complexity index is 317. The smallest absolute Gasteiger partial charge is 0.410 e. The molecule has 0 saturated carbocycles. The van der Waals surface area contributed by atoms with Crippen molar-refractivity contribution in [3.05, 3.63) is 0 Å². The van der Waals surface area contributed by atoms with E-state index in [9.17, 15) is 4.79 Å². The number of amides is 1. The van der Waals surface area contributed by atoms with Crippen molar-refractivity contribution in [2.75, 3.05) is 53.2 Å². The minimum absolute atomic E-state index is 0.334. The second-order valence-corrected chi connectivity index (χ2v) is 7.15. The van der Waals surface area contributed by atoms with E-state index in [-0.39, 0.29) is 6.09 Å². The Labute approximate surface area is 154 Å². The summed E-state index contributed by atoms with van der Waals surface area (Å²) in [6.07, 6.45) is 5.94. The van der Waals surface area contributed by atoms with Crippen LogP contribution in [0.2, 0.25) is 0 Å². The van der Waals surface area contributed by atoms with E-state index in [0.717, 1.165) is 13.0 Å². The molecule has 0 bridgehead atoms. The van der Waals surface area contributed by atoms with Crippen LogP contribution in [-0.4, -0.2) is 69.8 Å². The highest BCUT2D eigenvalue weighted by molar-refractivity contribution is 5.67. The number of hydrogen-bond donors (Lipinski definition) is 0. The Morgan fingerprint density at radius 2 is 1.32 bits per heavy atom. The van der Waals surface area contributed by atoms with Crippen molar-refractivity contribution >= 4 is 6.09 Å². The Kier molecular flexibility index (Phi) is 14.9. The molecule has 0 rings (SSSR count). The fraction of sp³-hybridized carbons (Fsp3) is 0.947. The van der Waals surface area contributed by atoms with Gasteiger partial charge in [0.25, 0.3) is 0 Å². The van der Waals surface area contributed by atoms with Gasteiger partial charge in [-0.1, -0.05) is 32.6 Å². The lowest BCUT2D eigenvalue weighted by Gasteiger charge is -2.24. The van der Waals surface area contributed by atoms with Gasteiger partial charge in [0.1, 0.15) is 5.60 Å². The Morgan fingerprint density at radius 3 is 1.88 bits per heavy atom. The standard InChI is InChI=1S/C19H39NO5/c1-6-7-8-9-10-12-22-14-16-24-17-15-23-13-11-20(5)18(21)25-19(2,3)4/h6-17H2,1-5H3. The molecule has 0 aliphatic heterocycles. The number of unbranched alkanes of at least 4 members (excludes halogenated alkanes) is 4. The molecule has 0 fully saturated rings. The molecule has 0 aliphatic rings. The van der Waals surface area contributed by atoms with Crippen LogP contribution in [0.15, 0.2) is 0 Å². The van der Waals surface area contributed by atoms with Crippen LogP contribution in [0, 0.1) is 0 Å². The maximum absolute atomic E-state index is 11.7. The van der Waals surface area contributed by atoms with Crippen molar-refractivity contribution in [2.24, 2.45) is 0 Å². The molecule has 25 heavy (non-hydrogen) atoms. The SMILES string of the molecule is CCCCCCCOCCOCCOCCN(C)C(=O)OC(C)(C)C. The molecular weight excluding hydrogens is 322 g/mol. The zero-order chi connectivity index (χ0) is 19.0. The van der Waals surface area contributed by atoms with E-state index in [4.69, 9.17) is 18.9 Å². The fourth-order valence-electron chi connectivity index (χ4n) is 1.98. The number of rotatable bonds is 15. The van der Waals surface area contributed by atoms with E-state index in [0.29, 0.717) is 39.6 Å². The molecule has 0 radical (unpaired) electrons. The molecule has 1 amide bonds. The van der Waals surface area contributed by atoms with Crippen LogP contribution in [0.5, 0.6) is 0 Å². The molecule has 150 valence electrons. The van der Waals surface area contributed by atoms with Gasteiger partial charge in [-0.15, -0.1) is 0 Å². The zero-order valence-electron chi connectivity index (χ0n) is 17.0. The number of ether oxygens (including phenoxy) is 4. The quantitative estimate of drug-likeness (QED) is 0.414. The van der Waals surface area contributed by atoms with Crippen molar-refractivity contribution in [1.29, 1.82) is 0 Å². The third kappa shape index (κ3) is 17.8. The van der Waals surface area contributed by atoms with Gasteiger partial charge >= 0.3 is 6.09 Å². The average Bonchev–Trinajstić information content (AvgIpc) is 2.53. The van der Waals surface area contributed by atoms with Crippen LogP contribution >= 0.6 is 0 Å². The van der Waals surface area contributed by atoms with Gasteiger partial charge in [0.2, 0.25) is 0 Å². The summed E-state index contributed by atoms with van der Waals surface area (Å²) in [6.45, 7) is 11.8. The minimum atomic E-state index is -0.475. The number of hydrogen-bond acceptors (Lipinski definition) is 5. The topological polar surface area (TPSA) is 57.2 Å². The molecule has 0 N–H and O–H groups in total. The summed E-state index contributed by atoms with van der Waals surface area (Å²) in [5.74, 6) is 0.